The highest BCUT2D eigenvalue weighted by molar-refractivity contribution is 5.94. The lowest BCUT2D eigenvalue weighted by Gasteiger charge is -2.09. The molecule has 0 aliphatic carbocycles. The van der Waals surface area contributed by atoms with Gasteiger partial charge in [0.25, 0.3) is 0 Å². The molecule has 1 aromatic rings. The molecule has 0 radical (unpaired) electrons. The number of hydrogen-bond acceptors (Lipinski definition) is 5. The Morgan fingerprint density at radius 1 is 1.56 bits per heavy atom. The molecular formula is C11H12N2O3. The first-order valence-corrected chi connectivity index (χ1v) is 4.68. The fourth-order valence-electron chi connectivity index (χ4n) is 1.23. The van der Waals surface area contributed by atoms with Crippen LogP contribution in [0.1, 0.15) is 22.8 Å². The highest BCUT2D eigenvalue weighted by Gasteiger charge is 2.16. The zero-order valence-electron chi connectivity index (χ0n) is 9.11. The molecule has 0 saturated carbocycles. The third-order valence-corrected chi connectivity index (χ3v) is 1.99. The van der Waals surface area contributed by atoms with E-state index in [0.29, 0.717) is 5.75 Å². The number of carbonyl (C=O) groups is 1. The number of nitriles is 1. The van der Waals surface area contributed by atoms with Crippen LogP contribution in [0.5, 0.6) is 5.75 Å². The molecule has 0 bridgehead atoms. The number of benzene rings is 1. The van der Waals surface area contributed by atoms with E-state index in [1.807, 2.05) is 6.07 Å². The van der Waals surface area contributed by atoms with Gasteiger partial charge in [-0.3, -0.25) is 0 Å². The molecule has 0 aliphatic heterocycles. The van der Waals surface area contributed by atoms with Gasteiger partial charge >= 0.3 is 5.97 Å². The molecule has 0 amide bonds. The van der Waals surface area contributed by atoms with E-state index in [1.165, 1.54) is 19.2 Å². The summed E-state index contributed by atoms with van der Waals surface area (Å²) >= 11 is 0. The monoisotopic (exact) mass is 220 g/mol. The van der Waals surface area contributed by atoms with Crippen molar-refractivity contribution >= 4 is 11.7 Å². The van der Waals surface area contributed by atoms with Crippen LogP contribution < -0.4 is 10.5 Å². The summed E-state index contributed by atoms with van der Waals surface area (Å²) in [6.07, 6.45) is 0. The summed E-state index contributed by atoms with van der Waals surface area (Å²) in [6.45, 7) is 1.96. The maximum Gasteiger partial charge on any atom is 0.341 e. The van der Waals surface area contributed by atoms with Gasteiger partial charge in [-0.15, -0.1) is 0 Å². The molecule has 0 aliphatic rings. The summed E-state index contributed by atoms with van der Waals surface area (Å²) in [5.41, 5.74) is 6.30. The molecule has 0 heterocycles. The van der Waals surface area contributed by atoms with E-state index in [-0.39, 0.29) is 23.4 Å². The van der Waals surface area contributed by atoms with Gasteiger partial charge in [0, 0.05) is 6.07 Å². The van der Waals surface area contributed by atoms with Crippen LogP contribution in [0.15, 0.2) is 12.1 Å². The Labute approximate surface area is 93.4 Å². The van der Waals surface area contributed by atoms with E-state index < -0.39 is 5.97 Å². The predicted octanol–water partition coefficient (Wildman–Crippen LogP) is 1.33. The maximum absolute atomic E-state index is 11.6. The molecule has 0 saturated heterocycles. The van der Waals surface area contributed by atoms with Crippen LogP contribution in [-0.4, -0.2) is 19.7 Å². The van der Waals surface area contributed by atoms with Crippen LogP contribution >= 0.6 is 0 Å². The Morgan fingerprint density at radius 3 is 2.75 bits per heavy atom. The van der Waals surface area contributed by atoms with Crippen molar-refractivity contribution < 1.29 is 14.3 Å². The van der Waals surface area contributed by atoms with Gasteiger partial charge in [-0.2, -0.15) is 5.26 Å². The van der Waals surface area contributed by atoms with Crippen molar-refractivity contribution in [3.8, 4) is 11.8 Å². The van der Waals surface area contributed by atoms with Crippen LogP contribution in [0.25, 0.3) is 0 Å². The Bertz CT molecular complexity index is 449. The first kappa shape index (κ1) is 11.9. The largest absolute Gasteiger partial charge is 0.496 e. The summed E-state index contributed by atoms with van der Waals surface area (Å²) in [6, 6.07) is 4.70. The van der Waals surface area contributed by atoms with Crippen molar-refractivity contribution in [1.29, 1.82) is 5.26 Å². The Kier molecular flexibility index (Phi) is 3.72. The van der Waals surface area contributed by atoms with E-state index in [1.54, 1.807) is 6.92 Å². The Morgan fingerprint density at radius 2 is 2.25 bits per heavy atom. The Balaban J connectivity index is 3.26. The highest BCUT2D eigenvalue weighted by atomic mass is 16.5. The molecular weight excluding hydrogens is 208 g/mol. The molecule has 16 heavy (non-hydrogen) atoms. The van der Waals surface area contributed by atoms with Crippen molar-refractivity contribution in [2.75, 3.05) is 19.5 Å². The van der Waals surface area contributed by atoms with Gasteiger partial charge in [0.05, 0.1) is 25.0 Å². The molecule has 84 valence electrons. The van der Waals surface area contributed by atoms with Gasteiger partial charge in [-0.25, -0.2) is 4.79 Å². The van der Waals surface area contributed by atoms with Gasteiger partial charge in [-0.05, 0) is 13.0 Å². The van der Waals surface area contributed by atoms with Crippen molar-refractivity contribution in [1.82, 2.24) is 0 Å². The van der Waals surface area contributed by atoms with Crippen molar-refractivity contribution in [3.05, 3.63) is 23.3 Å². The van der Waals surface area contributed by atoms with Gasteiger partial charge in [-0.1, -0.05) is 0 Å². The standard InChI is InChI=1S/C11H12N2O3/c1-3-16-11(14)8-4-7(6-12)9(13)5-10(8)15-2/h4-5H,3,13H2,1-2H3. The average molecular weight is 220 g/mol. The number of ether oxygens (including phenoxy) is 2. The van der Waals surface area contributed by atoms with Gasteiger partial charge < -0.3 is 15.2 Å². The van der Waals surface area contributed by atoms with Crippen molar-refractivity contribution in [2.24, 2.45) is 0 Å². The second kappa shape index (κ2) is 5.03. The number of methoxy groups -OCH3 is 1. The normalized spacial score (nSPS) is 9.31. The van der Waals surface area contributed by atoms with Crippen LogP contribution in [0.2, 0.25) is 0 Å². The second-order valence-electron chi connectivity index (χ2n) is 2.97. The summed E-state index contributed by atoms with van der Waals surface area (Å²) in [7, 11) is 1.42. The Hall–Kier alpha value is -2.22. The molecule has 5 nitrogen and oxygen atoms in total. The third-order valence-electron chi connectivity index (χ3n) is 1.99. The fourth-order valence-corrected chi connectivity index (χ4v) is 1.23. The van der Waals surface area contributed by atoms with Crippen LogP contribution in [0, 0.1) is 11.3 Å². The van der Waals surface area contributed by atoms with Crippen molar-refractivity contribution in [2.45, 2.75) is 6.92 Å². The quantitative estimate of drug-likeness (QED) is 0.613. The van der Waals surface area contributed by atoms with E-state index in [2.05, 4.69) is 0 Å². The van der Waals surface area contributed by atoms with Crippen molar-refractivity contribution in [3.63, 3.8) is 0 Å². The van der Waals surface area contributed by atoms with Gasteiger partial charge in [0.2, 0.25) is 0 Å². The average Bonchev–Trinajstić information content (AvgIpc) is 2.28. The number of rotatable bonds is 3. The number of nitrogens with two attached hydrogens (primary N) is 1. The van der Waals surface area contributed by atoms with Crippen LogP contribution in [0.3, 0.4) is 0 Å². The van der Waals surface area contributed by atoms with E-state index in [0.717, 1.165) is 0 Å². The number of nitrogen functional groups attached to an aromatic ring is 1. The number of hydrogen-bond donors (Lipinski definition) is 1. The fraction of sp³-hybridized carbons (Fsp3) is 0.273. The van der Waals surface area contributed by atoms with Gasteiger partial charge in [0.15, 0.2) is 0 Å². The lowest BCUT2D eigenvalue weighted by molar-refractivity contribution is 0.0522. The summed E-state index contributed by atoms with van der Waals surface area (Å²) < 4.78 is 9.84. The maximum atomic E-state index is 11.6. The molecule has 0 spiro atoms. The molecule has 5 heteroatoms. The first-order chi connectivity index (χ1) is 7.63. The molecule has 0 atom stereocenters. The smallest absolute Gasteiger partial charge is 0.341 e. The minimum Gasteiger partial charge on any atom is -0.496 e. The lowest BCUT2D eigenvalue weighted by atomic mass is 10.1. The zero-order valence-corrected chi connectivity index (χ0v) is 9.11. The molecule has 1 aromatic carbocycles. The van der Waals surface area contributed by atoms with Crippen LogP contribution in [0.4, 0.5) is 5.69 Å². The predicted molar refractivity (Wildman–Crippen MR) is 58.1 cm³/mol. The lowest BCUT2D eigenvalue weighted by Crippen LogP contribution is -2.08. The minimum atomic E-state index is -0.532. The van der Waals surface area contributed by atoms with Gasteiger partial charge in [0.1, 0.15) is 17.4 Å². The van der Waals surface area contributed by atoms with Crippen LogP contribution in [-0.2, 0) is 4.74 Å². The topological polar surface area (TPSA) is 85.3 Å². The molecule has 2 N–H and O–H groups in total. The molecule has 1 rings (SSSR count). The summed E-state index contributed by atoms with van der Waals surface area (Å²) in [4.78, 5) is 11.6. The SMILES string of the molecule is CCOC(=O)c1cc(C#N)c(N)cc1OC. The van der Waals surface area contributed by atoms with E-state index >= 15 is 0 Å². The molecule has 0 unspecified atom stereocenters. The first-order valence-electron chi connectivity index (χ1n) is 4.68. The number of anilines is 1. The summed E-state index contributed by atoms with van der Waals surface area (Å²) in [5.74, 6) is -0.231. The van der Waals surface area contributed by atoms with E-state index in [4.69, 9.17) is 20.5 Å². The summed E-state index contributed by atoms with van der Waals surface area (Å²) in [5, 5.41) is 8.80. The molecule has 0 fully saturated rings. The number of carbonyl (C=O) groups excluding carboxylic acids is 1. The zero-order chi connectivity index (χ0) is 12.1. The number of nitrogens with zero attached hydrogens (tertiary/aromatic N) is 1. The highest BCUT2D eigenvalue weighted by Crippen LogP contribution is 2.25. The second-order valence-corrected chi connectivity index (χ2v) is 2.97. The molecule has 0 aromatic heterocycles. The van der Waals surface area contributed by atoms with E-state index in [9.17, 15) is 4.79 Å². The minimum absolute atomic E-state index is 0.204. The number of esters is 1. The third kappa shape index (κ3) is 2.23.